The second-order valence-electron chi connectivity index (χ2n) is 7.12. The van der Waals surface area contributed by atoms with Crippen molar-refractivity contribution < 1.29 is 9.32 Å². The molecule has 1 aromatic heterocycles. The van der Waals surface area contributed by atoms with Crippen molar-refractivity contribution in [1.29, 1.82) is 0 Å². The first kappa shape index (κ1) is 15.1. The fourth-order valence-corrected chi connectivity index (χ4v) is 3.14. The normalized spacial score (nSPS) is 25.5. The molecule has 0 spiro atoms. The summed E-state index contributed by atoms with van der Waals surface area (Å²) in [6, 6.07) is 0.801. The second kappa shape index (κ2) is 6.57. The number of amides is 1. The minimum Gasteiger partial charge on any atom is -0.352 e. The van der Waals surface area contributed by atoms with Gasteiger partial charge < -0.3 is 15.2 Å². The highest BCUT2D eigenvalue weighted by Crippen LogP contribution is 2.38. The lowest BCUT2D eigenvalue weighted by molar-refractivity contribution is -0.120. The van der Waals surface area contributed by atoms with E-state index in [4.69, 9.17) is 4.52 Å². The molecule has 3 fully saturated rings. The molecule has 0 aromatic carbocycles. The highest BCUT2D eigenvalue weighted by atomic mass is 16.5. The van der Waals surface area contributed by atoms with Crippen molar-refractivity contribution in [2.75, 3.05) is 19.6 Å². The Bertz CT molecular complexity index is 552. The van der Waals surface area contributed by atoms with Crippen molar-refractivity contribution in [3.8, 4) is 0 Å². The van der Waals surface area contributed by atoms with E-state index in [1.165, 1.54) is 12.8 Å². The van der Waals surface area contributed by atoms with Gasteiger partial charge in [0.1, 0.15) is 0 Å². The third kappa shape index (κ3) is 4.29. The van der Waals surface area contributed by atoms with Crippen LogP contribution in [-0.4, -0.2) is 52.7 Å². The molecule has 3 aliphatic rings. The Labute approximate surface area is 136 Å². The number of hydrogen-bond donors (Lipinski definition) is 2. The van der Waals surface area contributed by atoms with Gasteiger partial charge in [-0.25, -0.2) is 0 Å². The van der Waals surface area contributed by atoms with E-state index in [0.717, 1.165) is 57.0 Å². The molecule has 2 N–H and O–H groups in total. The fourth-order valence-electron chi connectivity index (χ4n) is 3.14. The van der Waals surface area contributed by atoms with Crippen molar-refractivity contribution in [3.63, 3.8) is 0 Å². The molecule has 0 bridgehead atoms. The van der Waals surface area contributed by atoms with Gasteiger partial charge in [0, 0.05) is 24.5 Å². The molecule has 1 aliphatic heterocycles. The molecule has 2 heterocycles. The Hall–Kier alpha value is -1.47. The van der Waals surface area contributed by atoms with Crippen molar-refractivity contribution in [3.05, 3.63) is 11.7 Å². The van der Waals surface area contributed by atoms with E-state index < -0.39 is 0 Å². The third-order valence-corrected chi connectivity index (χ3v) is 4.77. The van der Waals surface area contributed by atoms with E-state index in [1.54, 1.807) is 0 Å². The largest absolute Gasteiger partial charge is 0.352 e. The third-order valence-electron chi connectivity index (χ3n) is 4.77. The standard InChI is InChI=1S/C16H25N5O2/c22-15(18-12-5-6-12)8-17-13-2-1-7-21(9-13)10-14-19-16(23-20-14)11-3-4-11/h11-13,17H,1-10H2,(H,18,22)/t13-/m1/s1. The van der Waals surface area contributed by atoms with Crippen molar-refractivity contribution in [1.82, 2.24) is 25.7 Å². The van der Waals surface area contributed by atoms with E-state index in [-0.39, 0.29) is 5.91 Å². The molecule has 126 valence electrons. The summed E-state index contributed by atoms with van der Waals surface area (Å²) in [7, 11) is 0. The Morgan fingerprint density at radius 1 is 1.22 bits per heavy atom. The maximum atomic E-state index is 11.8. The van der Waals surface area contributed by atoms with Gasteiger partial charge >= 0.3 is 0 Å². The van der Waals surface area contributed by atoms with Gasteiger partial charge in [0.2, 0.25) is 11.8 Å². The Kier molecular flexibility index (Phi) is 4.31. The highest BCUT2D eigenvalue weighted by molar-refractivity contribution is 5.78. The van der Waals surface area contributed by atoms with Gasteiger partial charge in [0.05, 0.1) is 13.1 Å². The molecule has 23 heavy (non-hydrogen) atoms. The molecule has 1 saturated heterocycles. The Morgan fingerprint density at radius 2 is 2.09 bits per heavy atom. The molecule has 7 heteroatoms. The fraction of sp³-hybridized carbons (Fsp3) is 0.812. The zero-order chi connectivity index (χ0) is 15.6. The van der Waals surface area contributed by atoms with Crippen LogP contribution in [0.2, 0.25) is 0 Å². The lowest BCUT2D eigenvalue weighted by Gasteiger charge is -2.32. The van der Waals surface area contributed by atoms with E-state index >= 15 is 0 Å². The van der Waals surface area contributed by atoms with Crippen LogP contribution in [0.4, 0.5) is 0 Å². The number of nitrogens with one attached hydrogen (secondary N) is 2. The van der Waals surface area contributed by atoms with Crippen LogP contribution in [0.3, 0.4) is 0 Å². The summed E-state index contributed by atoms with van der Waals surface area (Å²) in [5, 5.41) is 10.5. The van der Waals surface area contributed by atoms with Gasteiger partial charge in [-0.1, -0.05) is 5.16 Å². The quantitative estimate of drug-likeness (QED) is 0.773. The van der Waals surface area contributed by atoms with E-state index in [1.807, 2.05) is 0 Å². The average Bonchev–Trinajstić information content (AvgIpc) is 3.47. The number of aromatic nitrogens is 2. The summed E-state index contributed by atoms with van der Waals surface area (Å²) in [5.74, 6) is 2.23. The molecular formula is C16H25N5O2. The van der Waals surface area contributed by atoms with E-state index in [9.17, 15) is 4.79 Å². The van der Waals surface area contributed by atoms with Gasteiger partial charge in [-0.3, -0.25) is 9.69 Å². The average molecular weight is 319 g/mol. The maximum Gasteiger partial charge on any atom is 0.234 e. The predicted molar refractivity (Wildman–Crippen MR) is 83.7 cm³/mol. The minimum atomic E-state index is 0.122. The molecule has 1 aromatic rings. The molecule has 1 atom stereocenters. The summed E-state index contributed by atoms with van der Waals surface area (Å²) in [4.78, 5) is 18.6. The topological polar surface area (TPSA) is 83.3 Å². The molecule has 1 amide bonds. The molecule has 7 nitrogen and oxygen atoms in total. The van der Waals surface area contributed by atoms with Crippen molar-refractivity contribution in [2.24, 2.45) is 0 Å². The number of carbonyl (C=O) groups excluding carboxylic acids is 1. The first-order valence-electron chi connectivity index (χ1n) is 8.84. The SMILES string of the molecule is O=C(CN[C@@H]1CCCN(Cc2noc(C3CC3)n2)C1)NC1CC1. The predicted octanol–water partition coefficient (Wildman–Crippen LogP) is 0.780. The highest BCUT2D eigenvalue weighted by Gasteiger charge is 2.30. The number of rotatable bonds is 7. The first-order valence-corrected chi connectivity index (χ1v) is 8.84. The van der Waals surface area contributed by atoms with Crippen LogP contribution in [0.5, 0.6) is 0 Å². The van der Waals surface area contributed by atoms with Gasteiger partial charge in [0.15, 0.2) is 5.82 Å². The first-order chi connectivity index (χ1) is 11.3. The van der Waals surface area contributed by atoms with E-state index in [0.29, 0.717) is 24.5 Å². The molecule has 0 unspecified atom stereocenters. The number of carbonyl (C=O) groups is 1. The van der Waals surface area contributed by atoms with Gasteiger partial charge in [-0.05, 0) is 45.1 Å². The monoisotopic (exact) mass is 319 g/mol. The summed E-state index contributed by atoms with van der Waals surface area (Å²) in [6.45, 7) is 3.15. The number of likely N-dealkylation sites (tertiary alicyclic amines) is 1. The number of nitrogens with zero attached hydrogens (tertiary/aromatic N) is 3. The molecule has 4 rings (SSSR count). The van der Waals surface area contributed by atoms with Crippen LogP contribution in [-0.2, 0) is 11.3 Å². The van der Waals surface area contributed by atoms with Crippen LogP contribution in [0.25, 0.3) is 0 Å². The number of piperidine rings is 1. The molecule has 0 radical (unpaired) electrons. The zero-order valence-electron chi connectivity index (χ0n) is 13.5. The van der Waals surface area contributed by atoms with E-state index in [2.05, 4.69) is 25.7 Å². The summed E-state index contributed by atoms with van der Waals surface area (Å²) in [5.41, 5.74) is 0. The molecule has 2 saturated carbocycles. The van der Waals surface area contributed by atoms with Crippen LogP contribution >= 0.6 is 0 Å². The van der Waals surface area contributed by atoms with Crippen LogP contribution in [0, 0.1) is 0 Å². The number of hydrogen-bond acceptors (Lipinski definition) is 6. The summed E-state index contributed by atoms with van der Waals surface area (Å²) >= 11 is 0. The van der Waals surface area contributed by atoms with Crippen LogP contribution in [0.1, 0.15) is 56.2 Å². The smallest absolute Gasteiger partial charge is 0.234 e. The van der Waals surface area contributed by atoms with Crippen LogP contribution < -0.4 is 10.6 Å². The zero-order valence-corrected chi connectivity index (χ0v) is 13.5. The minimum absolute atomic E-state index is 0.122. The summed E-state index contributed by atoms with van der Waals surface area (Å²) < 4.78 is 5.32. The molecular weight excluding hydrogens is 294 g/mol. The lowest BCUT2D eigenvalue weighted by Crippen LogP contribution is -2.48. The summed E-state index contributed by atoms with van der Waals surface area (Å²) in [6.07, 6.45) is 6.88. The van der Waals surface area contributed by atoms with Crippen molar-refractivity contribution >= 4 is 5.91 Å². The Balaban J connectivity index is 1.22. The van der Waals surface area contributed by atoms with Crippen LogP contribution in [0.15, 0.2) is 4.52 Å². The maximum absolute atomic E-state index is 11.8. The molecule has 2 aliphatic carbocycles. The Morgan fingerprint density at radius 3 is 2.87 bits per heavy atom. The second-order valence-corrected chi connectivity index (χ2v) is 7.12. The van der Waals surface area contributed by atoms with Gasteiger partial charge in [0.25, 0.3) is 0 Å². The lowest BCUT2D eigenvalue weighted by atomic mass is 10.1. The van der Waals surface area contributed by atoms with Gasteiger partial charge in [-0.15, -0.1) is 0 Å². The van der Waals surface area contributed by atoms with Crippen molar-refractivity contribution in [2.45, 2.75) is 63.1 Å². The van der Waals surface area contributed by atoms with Gasteiger partial charge in [-0.2, -0.15) is 4.98 Å².